The molecule has 2 heterocycles. The molecule has 0 radical (unpaired) electrons. The molecule has 0 saturated heterocycles. The van der Waals surface area contributed by atoms with Crippen LogP contribution in [0.1, 0.15) is 21.5 Å². The molecule has 0 fully saturated rings. The SMILES string of the molecule is CN(Cc1ccccc1)C(=O)c1cncc(NCc2ccc3c(c2)OCO3)c1. The van der Waals surface area contributed by atoms with Gasteiger partial charge in [0.1, 0.15) is 0 Å². The molecule has 1 aliphatic rings. The maximum absolute atomic E-state index is 12.7. The number of ether oxygens (including phenoxy) is 2. The molecular weight excluding hydrogens is 354 g/mol. The van der Waals surface area contributed by atoms with Gasteiger partial charge in [-0.1, -0.05) is 36.4 Å². The van der Waals surface area contributed by atoms with E-state index >= 15 is 0 Å². The van der Waals surface area contributed by atoms with Crippen LogP contribution in [0.3, 0.4) is 0 Å². The molecule has 2 aromatic carbocycles. The second-order valence-corrected chi connectivity index (χ2v) is 6.65. The lowest BCUT2D eigenvalue weighted by Crippen LogP contribution is -2.26. The number of carbonyl (C=O) groups is 1. The fourth-order valence-electron chi connectivity index (χ4n) is 3.06. The van der Waals surface area contributed by atoms with Crippen LogP contribution in [-0.2, 0) is 13.1 Å². The molecule has 28 heavy (non-hydrogen) atoms. The van der Waals surface area contributed by atoms with Crippen LogP contribution in [0, 0.1) is 0 Å². The molecule has 1 N–H and O–H groups in total. The normalized spacial score (nSPS) is 11.9. The lowest BCUT2D eigenvalue weighted by molar-refractivity contribution is 0.0784. The van der Waals surface area contributed by atoms with Crippen LogP contribution in [-0.4, -0.2) is 29.6 Å². The van der Waals surface area contributed by atoms with Crippen LogP contribution in [0.15, 0.2) is 67.0 Å². The Kier molecular flexibility index (Phi) is 5.10. The molecule has 0 aliphatic carbocycles. The fraction of sp³-hybridized carbons (Fsp3) is 0.182. The van der Waals surface area contributed by atoms with Gasteiger partial charge in [-0.15, -0.1) is 0 Å². The zero-order valence-corrected chi connectivity index (χ0v) is 15.6. The van der Waals surface area contributed by atoms with Crippen molar-refractivity contribution in [2.75, 3.05) is 19.2 Å². The van der Waals surface area contributed by atoms with E-state index in [4.69, 9.17) is 9.47 Å². The van der Waals surface area contributed by atoms with Gasteiger partial charge in [-0.25, -0.2) is 0 Å². The highest BCUT2D eigenvalue weighted by molar-refractivity contribution is 5.94. The first-order valence-corrected chi connectivity index (χ1v) is 9.06. The summed E-state index contributed by atoms with van der Waals surface area (Å²) in [6.45, 7) is 1.40. The molecule has 0 atom stereocenters. The zero-order valence-electron chi connectivity index (χ0n) is 15.6. The van der Waals surface area contributed by atoms with Gasteiger partial charge in [-0.05, 0) is 29.3 Å². The number of fused-ring (bicyclic) bond motifs is 1. The van der Waals surface area contributed by atoms with Crippen LogP contribution in [0.25, 0.3) is 0 Å². The maximum atomic E-state index is 12.7. The van der Waals surface area contributed by atoms with Crippen molar-refractivity contribution in [2.45, 2.75) is 13.1 Å². The van der Waals surface area contributed by atoms with Crippen molar-refractivity contribution in [1.29, 1.82) is 0 Å². The summed E-state index contributed by atoms with van der Waals surface area (Å²) in [5.41, 5.74) is 3.48. The van der Waals surface area contributed by atoms with Gasteiger partial charge in [0, 0.05) is 32.5 Å². The van der Waals surface area contributed by atoms with Crippen molar-refractivity contribution >= 4 is 11.6 Å². The Balaban J connectivity index is 1.40. The van der Waals surface area contributed by atoms with Gasteiger partial charge in [0.2, 0.25) is 6.79 Å². The topological polar surface area (TPSA) is 63.7 Å². The van der Waals surface area contributed by atoms with E-state index < -0.39 is 0 Å². The summed E-state index contributed by atoms with van der Waals surface area (Å²) < 4.78 is 10.7. The zero-order chi connectivity index (χ0) is 19.3. The molecule has 1 amide bonds. The highest BCUT2D eigenvalue weighted by atomic mass is 16.7. The van der Waals surface area contributed by atoms with Gasteiger partial charge in [0.05, 0.1) is 11.3 Å². The molecule has 142 valence electrons. The quantitative estimate of drug-likeness (QED) is 0.712. The van der Waals surface area contributed by atoms with Crippen LogP contribution in [0.4, 0.5) is 5.69 Å². The van der Waals surface area contributed by atoms with Crippen LogP contribution < -0.4 is 14.8 Å². The highest BCUT2D eigenvalue weighted by Crippen LogP contribution is 2.32. The predicted octanol–water partition coefficient (Wildman–Crippen LogP) is 3.69. The number of amides is 1. The molecule has 3 aromatic rings. The Bertz CT molecular complexity index is 976. The fourth-order valence-corrected chi connectivity index (χ4v) is 3.06. The lowest BCUT2D eigenvalue weighted by Gasteiger charge is -2.17. The summed E-state index contributed by atoms with van der Waals surface area (Å²) in [7, 11) is 1.79. The van der Waals surface area contributed by atoms with E-state index in [9.17, 15) is 4.79 Å². The number of hydrogen-bond acceptors (Lipinski definition) is 5. The van der Waals surface area contributed by atoms with Gasteiger partial charge in [0.25, 0.3) is 5.91 Å². The second-order valence-electron chi connectivity index (χ2n) is 6.65. The first-order chi connectivity index (χ1) is 13.7. The molecule has 0 saturated carbocycles. The molecule has 6 nitrogen and oxygen atoms in total. The number of carbonyl (C=O) groups excluding carboxylic acids is 1. The van der Waals surface area contributed by atoms with E-state index in [0.717, 1.165) is 28.3 Å². The lowest BCUT2D eigenvalue weighted by atomic mass is 10.2. The first kappa shape index (κ1) is 17.9. The van der Waals surface area contributed by atoms with Crippen molar-refractivity contribution in [2.24, 2.45) is 0 Å². The smallest absolute Gasteiger partial charge is 0.255 e. The van der Waals surface area contributed by atoms with Crippen molar-refractivity contribution < 1.29 is 14.3 Å². The molecule has 0 bridgehead atoms. The third-order valence-corrected chi connectivity index (χ3v) is 4.53. The summed E-state index contributed by atoms with van der Waals surface area (Å²) in [5.74, 6) is 1.45. The highest BCUT2D eigenvalue weighted by Gasteiger charge is 2.14. The Hall–Kier alpha value is -3.54. The molecule has 0 spiro atoms. The van der Waals surface area contributed by atoms with Crippen LogP contribution in [0.2, 0.25) is 0 Å². The summed E-state index contributed by atoms with van der Waals surface area (Å²) in [6, 6.07) is 17.6. The van der Waals surface area contributed by atoms with Crippen LogP contribution in [0.5, 0.6) is 11.5 Å². The number of anilines is 1. The first-order valence-electron chi connectivity index (χ1n) is 9.06. The minimum Gasteiger partial charge on any atom is -0.454 e. The van der Waals surface area contributed by atoms with E-state index in [0.29, 0.717) is 18.7 Å². The number of rotatable bonds is 6. The largest absolute Gasteiger partial charge is 0.454 e. The van der Waals surface area contributed by atoms with Gasteiger partial charge >= 0.3 is 0 Å². The Morgan fingerprint density at radius 1 is 1.04 bits per heavy atom. The summed E-state index contributed by atoms with van der Waals surface area (Å²) in [6.07, 6.45) is 3.30. The summed E-state index contributed by atoms with van der Waals surface area (Å²) in [5, 5.41) is 3.31. The second kappa shape index (κ2) is 8.00. The molecule has 6 heteroatoms. The van der Waals surface area contributed by atoms with E-state index in [-0.39, 0.29) is 12.7 Å². The van der Waals surface area contributed by atoms with Gasteiger partial charge in [-0.2, -0.15) is 0 Å². The van der Waals surface area contributed by atoms with Crippen molar-refractivity contribution in [3.8, 4) is 11.5 Å². The number of aromatic nitrogens is 1. The minimum atomic E-state index is -0.0666. The van der Waals surface area contributed by atoms with Crippen LogP contribution >= 0.6 is 0 Å². The van der Waals surface area contributed by atoms with Crippen molar-refractivity contribution in [3.63, 3.8) is 0 Å². The Labute approximate surface area is 163 Å². The monoisotopic (exact) mass is 375 g/mol. The number of pyridine rings is 1. The number of benzene rings is 2. The van der Waals surface area contributed by atoms with E-state index in [1.54, 1.807) is 24.3 Å². The standard InChI is InChI=1S/C22H21N3O3/c1-25(14-16-5-3-2-4-6-16)22(26)18-10-19(13-23-12-18)24-11-17-7-8-20-21(9-17)28-15-27-20/h2-10,12-13,24H,11,14-15H2,1H3. The number of nitrogens with zero attached hydrogens (tertiary/aromatic N) is 2. The average molecular weight is 375 g/mol. The van der Waals surface area contributed by atoms with E-state index in [1.165, 1.54) is 0 Å². The Morgan fingerprint density at radius 3 is 2.71 bits per heavy atom. The molecular formula is C22H21N3O3. The van der Waals surface area contributed by atoms with Gasteiger partial charge in [-0.3, -0.25) is 9.78 Å². The average Bonchev–Trinajstić information content (AvgIpc) is 3.20. The Morgan fingerprint density at radius 2 is 1.86 bits per heavy atom. The summed E-state index contributed by atoms with van der Waals surface area (Å²) >= 11 is 0. The van der Waals surface area contributed by atoms with Gasteiger partial charge < -0.3 is 19.7 Å². The summed E-state index contributed by atoms with van der Waals surface area (Å²) in [4.78, 5) is 18.6. The molecule has 4 rings (SSSR count). The van der Waals surface area contributed by atoms with Crippen molar-refractivity contribution in [1.82, 2.24) is 9.88 Å². The van der Waals surface area contributed by atoms with E-state index in [1.807, 2.05) is 54.6 Å². The van der Waals surface area contributed by atoms with Gasteiger partial charge in [0.15, 0.2) is 11.5 Å². The predicted molar refractivity (Wildman–Crippen MR) is 106 cm³/mol. The molecule has 0 unspecified atom stereocenters. The number of nitrogens with one attached hydrogen (secondary N) is 1. The van der Waals surface area contributed by atoms with Crippen molar-refractivity contribution in [3.05, 3.63) is 83.7 Å². The third-order valence-electron chi connectivity index (χ3n) is 4.53. The van der Waals surface area contributed by atoms with E-state index in [2.05, 4.69) is 10.3 Å². The maximum Gasteiger partial charge on any atom is 0.255 e. The minimum absolute atomic E-state index is 0.0666. The molecule has 1 aliphatic heterocycles. The third kappa shape index (κ3) is 4.06. The number of hydrogen-bond donors (Lipinski definition) is 1. The molecule has 1 aromatic heterocycles.